The lowest BCUT2D eigenvalue weighted by molar-refractivity contribution is -0.0428. The van der Waals surface area contributed by atoms with Gasteiger partial charge in [-0.05, 0) is 31.2 Å². The second-order valence-electron chi connectivity index (χ2n) is 8.11. The largest absolute Gasteiger partial charge is 0.376 e. The van der Waals surface area contributed by atoms with Crippen molar-refractivity contribution in [1.82, 2.24) is 25.3 Å². The van der Waals surface area contributed by atoms with Crippen LogP contribution in [0.25, 0.3) is 0 Å². The molecule has 29 heavy (non-hydrogen) atoms. The van der Waals surface area contributed by atoms with Crippen LogP contribution in [0.1, 0.15) is 58.5 Å². The quantitative estimate of drug-likeness (QED) is 0.620. The van der Waals surface area contributed by atoms with Crippen LogP contribution >= 0.6 is 11.3 Å². The van der Waals surface area contributed by atoms with Gasteiger partial charge in [-0.2, -0.15) is 5.10 Å². The fourth-order valence-electron chi connectivity index (χ4n) is 4.07. The second-order valence-corrected chi connectivity index (χ2v) is 9.14. The zero-order valence-electron chi connectivity index (χ0n) is 16.7. The van der Waals surface area contributed by atoms with Crippen LogP contribution in [0.5, 0.6) is 0 Å². The van der Waals surface area contributed by atoms with E-state index in [0.29, 0.717) is 18.8 Å². The lowest BCUT2D eigenvalue weighted by Crippen LogP contribution is -2.65. The molecule has 1 fully saturated rings. The van der Waals surface area contributed by atoms with E-state index >= 15 is 0 Å². The number of amides is 2. The minimum absolute atomic E-state index is 0.209. The Morgan fingerprint density at radius 2 is 2.21 bits per heavy atom. The average molecular weight is 418 g/mol. The summed E-state index contributed by atoms with van der Waals surface area (Å²) >= 11 is 1.57. The minimum Gasteiger partial charge on any atom is -0.376 e. The van der Waals surface area contributed by atoms with E-state index in [4.69, 9.17) is 0 Å². The number of nitrogens with one attached hydrogen (secondary N) is 2. The number of carbonyl (C=O) groups is 2. The van der Waals surface area contributed by atoms with Crippen molar-refractivity contribution in [3.8, 4) is 0 Å². The van der Waals surface area contributed by atoms with Crippen molar-refractivity contribution in [2.24, 2.45) is 0 Å². The molecule has 0 aromatic carbocycles. The molecule has 156 valence electrons. The molecule has 8 nitrogen and oxygen atoms in total. The third-order valence-corrected chi connectivity index (χ3v) is 6.99. The normalized spacial score (nSPS) is 23.3. The van der Waals surface area contributed by atoms with Crippen molar-refractivity contribution < 1.29 is 14.7 Å². The van der Waals surface area contributed by atoms with Crippen molar-refractivity contribution in [2.75, 3.05) is 7.05 Å². The van der Waals surface area contributed by atoms with Gasteiger partial charge in [-0.3, -0.25) is 19.6 Å². The molecule has 1 saturated carbocycles. The molecule has 2 atom stereocenters. The van der Waals surface area contributed by atoms with Crippen LogP contribution in [0.3, 0.4) is 0 Å². The van der Waals surface area contributed by atoms with Crippen LogP contribution in [0, 0.1) is 0 Å². The van der Waals surface area contributed by atoms with E-state index in [1.54, 1.807) is 28.0 Å². The van der Waals surface area contributed by atoms with Crippen LogP contribution in [0.4, 0.5) is 0 Å². The Bertz CT molecular complexity index is 890. The summed E-state index contributed by atoms with van der Waals surface area (Å²) < 4.78 is 1.54. The number of aliphatic hydroxyl groups excluding tert-OH is 1. The van der Waals surface area contributed by atoms with Gasteiger partial charge in [0.1, 0.15) is 11.9 Å². The summed E-state index contributed by atoms with van der Waals surface area (Å²) in [4.78, 5) is 28.1. The smallest absolute Gasteiger partial charge is 0.272 e. The second kappa shape index (κ2) is 7.89. The third-order valence-electron chi connectivity index (χ3n) is 6.11. The predicted molar refractivity (Wildman–Crippen MR) is 110 cm³/mol. The maximum absolute atomic E-state index is 13.0. The first-order chi connectivity index (χ1) is 13.9. The number of thiophene rings is 1. The maximum atomic E-state index is 13.0. The summed E-state index contributed by atoms with van der Waals surface area (Å²) in [5.41, 5.74) is -0.288. The van der Waals surface area contributed by atoms with Gasteiger partial charge in [-0.1, -0.05) is 18.9 Å². The fourth-order valence-corrected chi connectivity index (χ4v) is 4.71. The molecule has 2 unspecified atom stereocenters. The van der Waals surface area contributed by atoms with Gasteiger partial charge in [-0.15, -0.1) is 11.3 Å². The van der Waals surface area contributed by atoms with Crippen molar-refractivity contribution in [3.05, 3.63) is 39.8 Å². The molecule has 4 rings (SSSR count). The zero-order valence-corrected chi connectivity index (χ0v) is 17.5. The van der Waals surface area contributed by atoms with E-state index in [1.807, 2.05) is 24.4 Å². The number of aromatic nitrogens is 2. The summed E-state index contributed by atoms with van der Waals surface area (Å²) in [6.07, 6.45) is 3.50. The molecule has 0 saturated heterocycles. The van der Waals surface area contributed by atoms with Gasteiger partial charge in [0.15, 0.2) is 5.69 Å². The van der Waals surface area contributed by atoms with Crippen molar-refractivity contribution in [3.63, 3.8) is 0 Å². The molecule has 1 aliphatic heterocycles. The number of carbonyl (C=O) groups excluding carboxylic acids is 2. The summed E-state index contributed by atoms with van der Waals surface area (Å²) in [5, 5.41) is 23.3. The van der Waals surface area contributed by atoms with Crippen LogP contribution in [0.2, 0.25) is 0 Å². The highest BCUT2D eigenvalue weighted by molar-refractivity contribution is 7.09. The molecule has 9 heteroatoms. The van der Waals surface area contributed by atoms with E-state index in [2.05, 4.69) is 15.7 Å². The number of hydrogen-bond donors (Lipinski definition) is 3. The first-order valence-corrected chi connectivity index (χ1v) is 10.9. The molecule has 0 bridgehead atoms. The van der Waals surface area contributed by atoms with Crippen LogP contribution < -0.4 is 10.6 Å². The minimum atomic E-state index is -0.881. The maximum Gasteiger partial charge on any atom is 0.272 e. The van der Waals surface area contributed by atoms with E-state index in [9.17, 15) is 14.7 Å². The first kappa shape index (κ1) is 20.1. The van der Waals surface area contributed by atoms with Gasteiger partial charge in [0.2, 0.25) is 0 Å². The average Bonchev–Trinajstić information content (AvgIpc) is 3.45. The lowest BCUT2D eigenvalue weighted by atomic mass is 9.94. The predicted octanol–water partition coefficient (Wildman–Crippen LogP) is 1.57. The number of hydrogen-bond acceptors (Lipinski definition) is 6. The highest BCUT2D eigenvalue weighted by atomic mass is 32.1. The molecule has 2 aromatic heterocycles. The third kappa shape index (κ3) is 3.82. The number of rotatable bonds is 6. The van der Waals surface area contributed by atoms with E-state index in [1.165, 1.54) is 6.07 Å². The zero-order chi connectivity index (χ0) is 20.6. The number of nitrogens with zero attached hydrogens (tertiary/aromatic N) is 3. The Morgan fingerprint density at radius 3 is 2.90 bits per heavy atom. The van der Waals surface area contributed by atoms with Crippen LogP contribution in [-0.4, -0.2) is 56.5 Å². The van der Waals surface area contributed by atoms with Crippen LogP contribution in [-0.2, 0) is 13.1 Å². The van der Waals surface area contributed by atoms with Crippen molar-refractivity contribution >= 4 is 23.2 Å². The lowest BCUT2D eigenvalue weighted by Gasteiger charge is -2.46. The molecule has 1 aliphatic carbocycles. The van der Waals surface area contributed by atoms with Gasteiger partial charge < -0.3 is 15.3 Å². The number of aliphatic hydroxyl groups is 1. The first-order valence-electron chi connectivity index (χ1n) is 9.99. The molecular weight excluding hydrogens is 390 g/mol. The molecule has 2 aliphatic rings. The Balaban J connectivity index is 1.50. The molecule has 2 aromatic rings. The monoisotopic (exact) mass is 417 g/mol. The summed E-state index contributed by atoms with van der Waals surface area (Å²) in [6, 6.07) is 5.68. The number of likely N-dealkylation sites (N-methyl/N-ethyl adjacent to an activating group) is 1. The molecule has 3 heterocycles. The van der Waals surface area contributed by atoms with Crippen molar-refractivity contribution in [1.29, 1.82) is 0 Å². The molecule has 2 amide bonds. The number of fused-ring (bicyclic) bond motifs is 1. The van der Waals surface area contributed by atoms with E-state index in [-0.39, 0.29) is 23.6 Å². The van der Waals surface area contributed by atoms with E-state index < -0.39 is 11.8 Å². The Hall–Kier alpha value is -2.23. The van der Waals surface area contributed by atoms with Gasteiger partial charge in [0.05, 0.1) is 18.6 Å². The highest BCUT2D eigenvalue weighted by Gasteiger charge is 2.46. The Labute approximate surface area is 173 Å². The van der Waals surface area contributed by atoms with E-state index in [0.717, 1.165) is 30.6 Å². The summed E-state index contributed by atoms with van der Waals surface area (Å²) in [5.74, 6) is -0.571. The highest BCUT2D eigenvalue weighted by Crippen LogP contribution is 2.29. The molecule has 3 N–H and O–H groups in total. The fraction of sp³-hybridized carbons (Fsp3) is 0.550. The van der Waals surface area contributed by atoms with Gasteiger partial charge >= 0.3 is 0 Å². The Kier molecular flexibility index (Phi) is 5.46. The Morgan fingerprint density at radius 1 is 1.45 bits per heavy atom. The van der Waals surface area contributed by atoms with Crippen LogP contribution in [0.15, 0.2) is 23.6 Å². The molecule has 0 radical (unpaired) electrons. The van der Waals surface area contributed by atoms with Crippen molar-refractivity contribution in [2.45, 2.75) is 63.5 Å². The summed E-state index contributed by atoms with van der Waals surface area (Å²) in [7, 11) is 1.69. The summed E-state index contributed by atoms with van der Waals surface area (Å²) in [6.45, 7) is 2.58. The van der Waals surface area contributed by atoms with Gasteiger partial charge in [0, 0.05) is 24.0 Å². The molecular formula is C20H27N5O3S. The van der Waals surface area contributed by atoms with Gasteiger partial charge in [0.25, 0.3) is 11.8 Å². The van der Waals surface area contributed by atoms with Gasteiger partial charge in [-0.25, -0.2) is 0 Å². The standard InChI is InChI=1S/C20H27N5O3S/c1-20(19(28)22-13-6-3-4-7-13)12-25-16(18(27)24(20)2)10-15(23-25)17(26)21-11-14-8-5-9-29-14/h5,8-10,13,19,22,28H,3-4,6-7,11-12H2,1-2H3,(H,21,26). The topological polar surface area (TPSA) is 99.5 Å². The SMILES string of the molecule is CN1C(=O)c2cc(C(=O)NCc3cccs3)nn2CC1(C)C(O)NC1CCCC1. The molecule has 0 spiro atoms.